The van der Waals surface area contributed by atoms with Crippen LogP contribution in [0.5, 0.6) is 0 Å². The Labute approximate surface area is 205 Å². The molecule has 4 heterocycles. The van der Waals surface area contributed by atoms with E-state index in [1.165, 1.54) is 24.5 Å². The van der Waals surface area contributed by atoms with Crippen molar-refractivity contribution in [2.24, 2.45) is 5.92 Å². The van der Waals surface area contributed by atoms with Gasteiger partial charge in [0, 0.05) is 60.0 Å². The van der Waals surface area contributed by atoms with Gasteiger partial charge in [0.05, 0.1) is 5.56 Å². The number of aromatic nitrogens is 2. The Balaban J connectivity index is 1.23. The highest BCUT2D eigenvalue weighted by Gasteiger charge is 2.46. The van der Waals surface area contributed by atoms with Crippen molar-refractivity contribution in [3.05, 3.63) is 64.9 Å². The van der Waals surface area contributed by atoms with Gasteiger partial charge in [0.2, 0.25) is 0 Å². The predicted molar refractivity (Wildman–Crippen MR) is 127 cm³/mol. The molecule has 1 aromatic carbocycles. The van der Waals surface area contributed by atoms with E-state index in [0.717, 1.165) is 25.8 Å². The number of pyridine rings is 1. The second-order valence-corrected chi connectivity index (χ2v) is 9.89. The van der Waals surface area contributed by atoms with Crippen molar-refractivity contribution in [1.29, 1.82) is 0 Å². The number of carbonyl (C=O) groups excluding carboxylic acids is 2. The molecule has 35 heavy (non-hydrogen) atoms. The standard InChI is InChI=1S/C26H25ClF3N3O2/c27-18-6-4-16(5-7-18)23(34)14-17-13-19-8-9-22(17)33(19)12-2-11-32-15-21(24(35)26(28,29)30)20-3-1-10-31-25(20)32/h1,3-7,10,15,17,19,22H,2,8-9,11-14H2. The second-order valence-electron chi connectivity index (χ2n) is 9.46. The maximum absolute atomic E-state index is 13.1. The Kier molecular flexibility index (Phi) is 6.44. The zero-order valence-electron chi connectivity index (χ0n) is 19.0. The van der Waals surface area contributed by atoms with Gasteiger partial charge in [-0.1, -0.05) is 11.6 Å². The van der Waals surface area contributed by atoms with Crippen LogP contribution in [-0.2, 0) is 6.54 Å². The average Bonchev–Trinajstić information content (AvgIpc) is 3.49. The molecule has 0 saturated carbocycles. The number of aryl methyl sites for hydroxylation is 1. The van der Waals surface area contributed by atoms with Crippen molar-refractivity contribution < 1.29 is 22.8 Å². The van der Waals surface area contributed by atoms with E-state index in [4.69, 9.17) is 11.6 Å². The van der Waals surface area contributed by atoms with E-state index in [0.29, 0.717) is 53.6 Å². The summed E-state index contributed by atoms with van der Waals surface area (Å²) in [6.07, 6.45) is 2.24. The normalized spacial score (nSPS) is 22.2. The zero-order chi connectivity index (χ0) is 24.7. The van der Waals surface area contributed by atoms with Gasteiger partial charge < -0.3 is 4.57 Å². The summed E-state index contributed by atoms with van der Waals surface area (Å²) in [4.78, 5) is 31.4. The molecule has 0 aliphatic carbocycles. The highest BCUT2D eigenvalue weighted by atomic mass is 35.5. The minimum absolute atomic E-state index is 0.130. The minimum Gasteiger partial charge on any atom is -0.332 e. The van der Waals surface area contributed by atoms with Crippen LogP contribution in [0.2, 0.25) is 5.02 Å². The molecule has 2 bridgehead atoms. The molecule has 3 unspecified atom stereocenters. The Morgan fingerprint density at radius 3 is 2.60 bits per heavy atom. The van der Waals surface area contributed by atoms with E-state index in [-0.39, 0.29) is 16.7 Å². The number of alkyl halides is 3. The zero-order valence-corrected chi connectivity index (χ0v) is 19.7. The number of rotatable bonds is 8. The molecule has 0 radical (unpaired) electrons. The molecule has 0 spiro atoms. The SMILES string of the molecule is O=C(CC1CC2CCC1N2CCCn1cc(C(=O)C(F)(F)F)c2cccnc21)c1ccc(Cl)cc1. The number of hydrogen-bond donors (Lipinski definition) is 0. The summed E-state index contributed by atoms with van der Waals surface area (Å²) in [5, 5.41) is 0.824. The van der Waals surface area contributed by atoms with Gasteiger partial charge >= 0.3 is 6.18 Å². The first kappa shape index (κ1) is 24.0. The summed E-state index contributed by atoms with van der Waals surface area (Å²) >= 11 is 5.93. The van der Waals surface area contributed by atoms with Crippen LogP contribution >= 0.6 is 11.6 Å². The second kappa shape index (κ2) is 9.39. The number of Topliss-reactive ketones (excluding diaryl/α,β-unsaturated/α-hetero) is 2. The van der Waals surface area contributed by atoms with Crippen LogP contribution in [0.15, 0.2) is 48.8 Å². The van der Waals surface area contributed by atoms with E-state index in [1.54, 1.807) is 28.8 Å². The van der Waals surface area contributed by atoms with E-state index in [1.807, 2.05) is 0 Å². The van der Waals surface area contributed by atoms with Gasteiger partial charge in [-0.2, -0.15) is 13.2 Å². The Bertz CT molecular complexity index is 1250. The van der Waals surface area contributed by atoms with Crippen molar-refractivity contribution in [2.75, 3.05) is 6.54 Å². The number of carbonyl (C=O) groups is 2. The van der Waals surface area contributed by atoms with E-state index < -0.39 is 12.0 Å². The highest BCUT2D eigenvalue weighted by molar-refractivity contribution is 6.30. The largest absolute Gasteiger partial charge is 0.454 e. The fourth-order valence-electron chi connectivity index (χ4n) is 5.84. The average molecular weight is 504 g/mol. The summed E-state index contributed by atoms with van der Waals surface area (Å²) in [5.41, 5.74) is 0.707. The molecule has 2 aliphatic heterocycles. The van der Waals surface area contributed by atoms with Crippen LogP contribution < -0.4 is 0 Å². The molecular formula is C26H25ClF3N3O2. The van der Waals surface area contributed by atoms with Crippen LogP contribution in [0, 0.1) is 5.92 Å². The Morgan fingerprint density at radius 1 is 1.09 bits per heavy atom. The number of benzene rings is 1. The summed E-state index contributed by atoms with van der Waals surface area (Å²) in [7, 11) is 0. The third-order valence-corrected chi connectivity index (χ3v) is 7.63. The fourth-order valence-corrected chi connectivity index (χ4v) is 5.97. The Hall–Kier alpha value is -2.71. The van der Waals surface area contributed by atoms with Gasteiger partial charge in [0.15, 0.2) is 5.78 Å². The molecule has 184 valence electrons. The number of fused-ring (bicyclic) bond motifs is 3. The molecule has 3 aromatic rings. The lowest BCUT2D eigenvalue weighted by atomic mass is 9.84. The van der Waals surface area contributed by atoms with Crippen molar-refractivity contribution in [1.82, 2.24) is 14.5 Å². The number of ketones is 2. The smallest absolute Gasteiger partial charge is 0.332 e. The molecule has 5 rings (SSSR count). The topological polar surface area (TPSA) is 55.2 Å². The first-order valence-electron chi connectivity index (χ1n) is 11.8. The lowest BCUT2D eigenvalue weighted by molar-refractivity contribution is -0.0884. The third-order valence-electron chi connectivity index (χ3n) is 7.37. The van der Waals surface area contributed by atoms with Crippen molar-refractivity contribution in [3.63, 3.8) is 0 Å². The van der Waals surface area contributed by atoms with Gasteiger partial charge in [-0.15, -0.1) is 0 Å². The van der Waals surface area contributed by atoms with E-state index >= 15 is 0 Å². The Morgan fingerprint density at radius 2 is 1.86 bits per heavy atom. The lowest BCUT2D eigenvalue weighted by Gasteiger charge is -2.24. The third kappa shape index (κ3) is 4.74. The van der Waals surface area contributed by atoms with Crippen LogP contribution in [0.25, 0.3) is 11.0 Å². The molecular weight excluding hydrogens is 479 g/mol. The molecule has 2 fully saturated rings. The number of nitrogens with zero attached hydrogens (tertiary/aromatic N) is 3. The molecule has 2 aliphatic rings. The maximum Gasteiger partial charge on any atom is 0.454 e. The van der Waals surface area contributed by atoms with Crippen molar-refractivity contribution in [2.45, 2.75) is 56.9 Å². The van der Waals surface area contributed by atoms with Crippen LogP contribution in [-0.4, -0.2) is 50.8 Å². The van der Waals surface area contributed by atoms with Gasteiger partial charge in [-0.3, -0.25) is 14.5 Å². The summed E-state index contributed by atoms with van der Waals surface area (Å²) in [6, 6.07) is 10.8. The van der Waals surface area contributed by atoms with E-state index in [9.17, 15) is 22.8 Å². The van der Waals surface area contributed by atoms with Gasteiger partial charge in [0.25, 0.3) is 5.78 Å². The number of hydrogen-bond acceptors (Lipinski definition) is 4. The van der Waals surface area contributed by atoms with E-state index in [2.05, 4.69) is 9.88 Å². The molecule has 0 N–H and O–H groups in total. The van der Waals surface area contributed by atoms with Gasteiger partial charge in [-0.05, 0) is 68.0 Å². The van der Waals surface area contributed by atoms with Crippen LogP contribution in [0.4, 0.5) is 13.2 Å². The molecule has 5 nitrogen and oxygen atoms in total. The molecule has 2 saturated heterocycles. The van der Waals surface area contributed by atoms with Crippen molar-refractivity contribution in [3.8, 4) is 0 Å². The molecule has 2 aromatic heterocycles. The number of halogens is 4. The van der Waals surface area contributed by atoms with Crippen LogP contribution in [0.1, 0.15) is 52.8 Å². The molecule has 9 heteroatoms. The maximum atomic E-state index is 13.1. The first-order valence-corrected chi connectivity index (χ1v) is 12.2. The predicted octanol–water partition coefficient (Wildman–Crippen LogP) is 5.95. The summed E-state index contributed by atoms with van der Waals surface area (Å²) < 4.78 is 40.8. The highest BCUT2D eigenvalue weighted by Crippen LogP contribution is 2.43. The van der Waals surface area contributed by atoms with Crippen molar-refractivity contribution >= 4 is 34.2 Å². The quantitative estimate of drug-likeness (QED) is 0.356. The minimum atomic E-state index is -4.93. The van der Waals surface area contributed by atoms with Crippen LogP contribution in [0.3, 0.4) is 0 Å². The molecule has 0 amide bonds. The monoisotopic (exact) mass is 503 g/mol. The lowest BCUT2D eigenvalue weighted by Crippen LogP contribution is -2.32. The van der Waals surface area contributed by atoms with Gasteiger partial charge in [0.1, 0.15) is 5.65 Å². The summed E-state index contributed by atoms with van der Waals surface area (Å²) in [6.45, 7) is 1.25. The molecule has 3 atom stereocenters. The first-order chi connectivity index (χ1) is 16.7. The van der Waals surface area contributed by atoms with Gasteiger partial charge in [-0.25, -0.2) is 4.98 Å². The fraction of sp³-hybridized carbons (Fsp3) is 0.423. The summed E-state index contributed by atoms with van der Waals surface area (Å²) in [5.74, 6) is -1.41.